The molecule has 8 nitrogen and oxygen atoms in total. The number of hydrogen-bond acceptors (Lipinski definition) is 7. The van der Waals surface area contributed by atoms with Crippen LogP contribution in [-0.2, 0) is 14.2 Å². The average Bonchev–Trinajstić information content (AvgIpc) is 2.91. The van der Waals surface area contributed by atoms with E-state index in [-0.39, 0.29) is 24.8 Å². The zero-order valence-corrected chi connectivity index (χ0v) is 12.3. The summed E-state index contributed by atoms with van der Waals surface area (Å²) in [6.07, 6.45) is 3.35. The number of anilines is 1. The van der Waals surface area contributed by atoms with Crippen LogP contribution in [0.3, 0.4) is 0 Å². The van der Waals surface area contributed by atoms with E-state index < -0.39 is 18.0 Å². The zero-order chi connectivity index (χ0) is 15.5. The van der Waals surface area contributed by atoms with Crippen LogP contribution in [0.2, 0.25) is 0 Å². The van der Waals surface area contributed by atoms with Gasteiger partial charge in [-0.1, -0.05) is 0 Å². The van der Waals surface area contributed by atoms with Crippen LogP contribution >= 0.6 is 0 Å². The summed E-state index contributed by atoms with van der Waals surface area (Å²) >= 11 is 0. The molecule has 0 bridgehead atoms. The quantitative estimate of drug-likeness (QED) is 0.806. The summed E-state index contributed by atoms with van der Waals surface area (Å²) < 4.78 is 18.5. The van der Waals surface area contributed by atoms with E-state index in [0.29, 0.717) is 13.0 Å². The standard InChI is InChI=1S/C14H21N3O5/c15-11-4-5-17(14(19)16-11)12-7-9(10(8-18)21-12)22-13-3-1-2-6-20-13/h4-5,9-10,12-13,18H,1-3,6-8H2,(H2,15,16,19)/t9-,10+,12+,13?/m0/s1. The van der Waals surface area contributed by atoms with E-state index in [9.17, 15) is 9.90 Å². The monoisotopic (exact) mass is 311 g/mol. The van der Waals surface area contributed by atoms with Crippen molar-refractivity contribution in [2.75, 3.05) is 18.9 Å². The number of nitrogens with zero attached hydrogens (tertiary/aromatic N) is 2. The number of ether oxygens (including phenoxy) is 3. The Morgan fingerprint density at radius 3 is 3.05 bits per heavy atom. The van der Waals surface area contributed by atoms with E-state index in [1.807, 2.05) is 0 Å². The topological polar surface area (TPSA) is 109 Å². The van der Waals surface area contributed by atoms with Crippen LogP contribution in [-0.4, -0.2) is 46.4 Å². The van der Waals surface area contributed by atoms with Crippen molar-refractivity contribution in [3.63, 3.8) is 0 Å². The summed E-state index contributed by atoms with van der Waals surface area (Å²) in [5.41, 5.74) is 5.01. The number of aliphatic hydroxyl groups excluding tert-OH is 1. The van der Waals surface area contributed by atoms with Gasteiger partial charge >= 0.3 is 5.69 Å². The van der Waals surface area contributed by atoms with Crippen LogP contribution in [0.4, 0.5) is 5.82 Å². The fourth-order valence-electron chi connectivity index (χ4n) is 2.84. The van der Waals surface area contributed by atoms with Crippen molar-refractivity contribution in [2.45, 2.75) is 50.4 Å². The second-order valence-corrected chi connectivity index (χ2v) is 5.56. The second-order valence-electron chi connectivity index (χ2n) is 5.56. The molecule has 8 heteroatoms. The summed E-state index contributed by atoms with van der Waals surface area (Å²) in [5, 5.41) is 9.48. The smallest absolute Gasteiger partial charge is 0.351 e. The molecule has 1 aromatic rings. The van der Waals surface area contributed by atoms with Crippen LogP contribution in [0, 0.1) is 0 Å². The fourth-order valence-corrected chi connectivity index (χ4v) is 2.84. The van der Waals surface area contributed by atoms with Gasteiger partial charge in [0.15, 0.2) is 6.29 Å². The number of nitrogen functional groups attached to an aromatic ring is 1. The second kappa shape index (κ2) is 6.74. The molecule has 4 atom stereocenters. The van der Waals surface area contributed by atoms with Crippen molar-refractivity contribution < 1.29 is 19.3 Å². The van der Waals surface area contributed by atoms with Gasteiger partial charge in [-0.25, -0.2) is 4.79 Å². The van der Waals surface area contributed by atoms with Gasteiger partial charge in [-0.05, 0) is 25.3 Å². The van der Waals surface area contributed by atoms with Gasteiger partial charge in [-0.2, -0.15) is 4.98 Å². The first-order valence-corrected chi connectivity index (χ1v) is 7.55. The van der Waals surface area contributed by atoms with Crippen molar-refractivity contribution in [3.8, 4) is 0 Å². The number of rotatable bonds is 4. The molecule has 0 saturated carbocycles. The summed E-state index contributed by atoms with van der Waals surface area (Å²) in [7, 11) is 0. The van der Waals surface area contributed by atoms with Crippen LogP contribution < -0.4 is 11.4 Å². The maximum atomic E-state index is 11.9. The molecule has 3 rings (SSSR count). The van der Waals surface area contributed by atoms with E-state index in [1.165, 1.54) is 10.6 Å². The summed E-state index contributed by atoms with van der Waals surface area (Å²) in [6.45, 7) is 0.512. The molecule has 1 unspecified atom stereocenters. The Morgan fingerprint density at radius 2 is 2.36 bits per heavy atom. The zero-order valence-electron chi connectivity index (χ0n) is 12.3. The molecule has 1 aromatic heterocycles. The predicted octanol–water partition coefficient (Wildman–Crippen LogP) is 0.0171. The number of aliphatic hydroxyl groups is 1. The molecular formula is C14H21N3O5. The normalized spacial score (nSPS) is 32.2. The Bertz CT molecular complexity index is 558. The molecule has 0 radical (unpaired) electrons. The molecule has 122 valence electrons. The van der Waals surface area contributed by atoms with Crippen molar-refractivity contribution in [2.24, 2.45) is 0 Å². The molecular weight excluding hydrogens is 290 g/mol. The van der Waals surface area contributed by atoms with Gasteiger partial charge in [0.1, 0.15) is 18.1 Å². The number of aromatic nitrogens is 2. The summed E-state index contributed by atoms with van der Waals surface area (Å²) in [6, 6.07) is 1.54. The fraction of sp³-hybridized carbons (Fsp3) is 0.714. The first-order chi connectivity index (χ1) is 10.7. The Hall–Kier alpha value is -1.48. The van der Waals surface area contributed by atoms with Gasteiger partial charge < -0.3 is 25.1 Å². The minimum Gasteiger partial charge on any atom is -0.394 e. The minimum atomic E-state index is -0.522. The number of hydrogen-bond donors (Lipinski definition) is 2. The molecule has 0 aromatic carbocycles. The van der Waals surface area contributed by atoms with Crippen LogP contribution in [0.5, 0.6) is 0 Å². The first kappa shape index (κ1) is 15.4. The van der Waals surface area contributed by atoms with Gasteiger partial charge in [0, 0.05) is 19.2 Å². The van der Waals surface area contributed by atoms with E-state index in [2.05, 4.69) is 4.98 Å². The largest absolute Gasteiger partial charge is 0.394 e. The summed E-state index contributed by atoms with van der Waals surface area (Å²) in [5.74, 6) is 0.168. The van der Waals surface area contributed by atoms with E-state index in [4.69, 9.17) is 19.9 Å². The van der Waals surface area contributed by atoms with Gasteiger partial charge in [-0.3, -0.25) is 4.57 Å². The predicted molar refractivity (Wildman–Crippen MR) is 77.0 cm³/mol. The Balaban J connectivity index is 1.69. The molecule has 3 heterocycles. The average molecular weight is 311 g/mol. The molecule has 2 aliphatic rings. The van der Waals surface area contributed by atoms with Crippen LogP contribution in [0.25, 0.3) is 0 Å². The Morgan fingerprint density at radius 1 is 1.50 bits per heavy atom. The lowest BCUT2D eigenvalue weighted by Gasteiger charge is -2.27. The third-order valence-corrected chi connectivity index (χ3v) is 3.99. The van der Waals surface area contributed by atoms with Crippen molar-refractivity contribution in [1.82, 2.24) is 9.55 Å². The highest BCUT2D eigenvalue weighted by atomic mass is 16.7. The van der Waals surface area contributed by atoms with E-state index in [0.717, 1.165) is 19.3 Å². The SMILES string of the molecule is Nc1ccn([C@H]2C[C@H](OC3CCCCO3)[C@@H](CO)O2)c(=O)n1. The first-order valence-electron chi connectivity index (χ1n) is 7.55. The molecule has 0 aliphatic carbocycles. The molecule has 0 amide bonds. The highest BCUT2D eigenvalue weighted by Gasteiger charge is 2.38. The van der Waals surface area contributed by atoms with Gasteiger partial charge in [0.25, 0.3) is 0 Å². The minimum absolute atomic E-state index is 0.168. The maximum Gasteiger partial charge on any atom is 0.351 e. The third-order valence-electron chi connectivity index (χ3n) is 3.99. The van der Waals surface area contributed by atoms with E-state index >= 15 is 0 Å². The van der Waals surface area contributed by atoms with Crippen molar-refractivity contribution >= 4 is 5.82 Å². The molecule has 0 spiro atoms. The lowest BCUT2D eigenvalue weighted by Crippen LogP contribution is -2.34. The van der Waals surface area contributed by atoms with Crippen molar-refractivity contribution in [3.05, 3.63) is 22.7 Å². The maximum absolute atomic E-state index is 11.9. The summed E-state index contributed by atoms with van der Waals surface area (Å²) in [4.78, 5) is 15.6. The number of nitrogens with two attached hydrogens (primary N) is 1. The van der Waals surface area contributed by atoms with Gasteiger partial charge in [0.2, 0.25) is 0 Å². The van der Waals surface area contributed by atoms with Gasteiger partial charge in [0.05, 0.1) is 12.7 Å². The van der Waals surface area contributed by atoms with E-state index in [1.54, 1.807) is 6.20 Å². The molecule has 2 aliphatic heterocycles. The molecule has 22 heavy (non-hydrogen) atoms. The third kappa shape index (κ3) is 3.30. The highest BCUT2D eigenvalue weighted by molar-refractivity contribution is 5.23. The Labute approximate surface area is 127 Å². The highest BCUT2D eigenvalue weighted by Crippen LogP contribution is 2.31. The lowest BCUT2D eigenvalue weighted by molar-refractivity contribution is -0.199. The Kier molecular flexibility index (Phi) is 4.72. The van der Waals surface area contributed by atoms with Gasteiger partial charge in [-0.15, -0.1) is 0 Å². The molecule has 2 saturated heterocycles. The van der Waals surface area contributed by atoms with Crippen LogP contribution in [0.15, 0.2) is 17.1 Å². The molecule has 3 N–H and O–H groups in total. The lowest BCUT2D eigenvalue weighted by atomic mass is 10.1. The molecule has 2 fully saturated rings. The van der Waals surface area contributed by atoms with Crippen LogP contribution in [0.1, 0.15) is 31.9 Å². The van der Waals surface area contributed by atoms with Crippen molar-refractivity contribution in [1.29, 1.82) is 0 Å².